The topological polar surface area (TPSA) is 59.8 Å². The van der Waals surface area contributed by atoms with Gasteiger partial charge < -0.3 is 9.88 Å². The van der Waals surface area contributed by atoms with E-state index in [0.29, 0.717) is 23.4 Å². The van der Waals surface area contributed by atoms with E-state index in [2.05, 4.69) is 10.3 Å². The molecule has 2 heterocycles. The third-order valence-electron chi connectivity index (χ3n) is 5.73. The molecule has 0 atom stereocenters. The molecule has 5 rings (SSSR count). The number of hydrogen-bond donors (Lipinski definition) is 1. The zero-order valence-corrected chi connectivity index (χ0v) is 20.0. The van der Waals surface area contributed by atoms with Gasteiger partial charge in [0.2, 0.25) is 0 Å². The number of carbonyl (C=O) groups is 1. The fourth-order valence-corrected chi connectivity index (χ4v) is 4.82. The quantitative estimate of drug-likeness (QED) is 0.266. The van der Waals surface area contributed by atoms with Gasteiger partial charge >= 0.3 is 0 Å². The zero-order valence-electron chi connectivity index (χ0n) is 19.2. The molecule has 0 radical (unpaired) electrons. The predicted octanol–water partition coefficient (Wildman–Crippen LogP) is 5.98. The zero-order chi connectivity index (χ0) is 24.9. The number of benzene rings is 3. The first-order valence-corrected chi connectivity index (χ1v) is 12.3. The van der Waals surface area contributed by atoms with Crippen molar-refractivity contribution in [3.05, 3.63) is 125 Å². The van der Waals surface area contributed by atoms with Crippen LogP contribution in [0.25, 0.3) is 11.0 Å². The summed E-state index contributed by atoms with van der Waals surface area (Å²) in [6.45, 7) is 0.600. The lowest BCUT2D eigenvalue weighted by Crippen LogP contribution is -2.23. The summed E-state index contributed by atoms with van der Waals surface area (Å²) in [4.78, 5) is 21.5. The van der Waals surface area contributed by atoms with Gasteiger partial charge in [-0.3, -0.25) is 9.78 Å². The van der Waals surface area contributed by atoms with Crippen molar-refractivity contribution < 1.29 is 13.6 Å². The maximum Gasteiger partial charge on any atom is 0.251 e. The van der Waals surface area contributed by atoms with E-state index in [9.17, 15) is 13.6 Å². The van der Waals surface area contributed by atoms with Crippen molar-refractivity contribution in [1.82, 2.24) is 19.9 Å². The first kappa shape index (κ1) is 23.7. The van der Waals surface area contributed by atoms with E-state index < -0.39 is 0 Å². The molecule has 3 aromatic carbocycles. The second-order valence-corrected chi connectivity index (χ2v) is 9.18. The van der Waals surface area contributed by atoms with Crippen LogP contribution in [0.4, 0.5) is 8.78 Å². The van der Waals surface area contributed by atoms with Gasteiger partial charge in [0.15, 0.2) is 5.16 Å². The molecule has 0 spiro atoms. The number of amides is 1. The van der Waals surface area contributed by atoms with Gasteiger partial charge in [-0.25, -0.2) is 13.8 Å². The molecule has 0 saturated heterocycles. The van der Waals surface area contributed by atoms with E-state index in [4.69, 9.17) is 4.98 Å². The second kappa shape index (κ2) is 10.7. The van der Waals surface area contributed by atoms with Crippen LogP contribution in [-0.2, 0) is 18.8 Å². The van der Waals surface area contributed by atoms with Gasteiger partial charge in [-0.15, -0.1) is 0 Å². The van der Waals surface area contributed by atoms with Crippen molar-refractivity contribution in [3.8, 4) is 0 Å². The third-order valence-corrected chi connectivity index (χ3v) is 6.77. The molecule has 1 amide bonds. The van der Waals surface area contributed by atoms with Gasteiger partial charge in [-0.1, -0.05) is 54.2 Å². The number of rotatable bonds is 8. The molecule has 0 aliphatic carbocycles. The Morgan fingerprint density at radius 3 is 2.58 bits per heavy atom. The SMILES string of the molecule is O=C(NCc1ccccc1F)c1ccc(CSc2nc3ccncc3n2Cc2cccc(F)c2)cc1. The number of fused-ring (bicyclic) bond motifs is 1. The number of nitrogens with one attached hydrogen (secondary N) is 1. The number of imidazole rings is 1. The average Bonchev–Trinajstić information content (AvgIpc) is 3.24. The molecule has 180 valence electrons. The Bertz CT molecular complexity index is 1520. The molecule has 0 aliphatic heterocycles. The minimum atomic E-state index is -0.343. The van der Waals surface area contributed by atoms with Crippen LogP contribution in [0.2, 0.25) is 0 Å². The fraction of sp³-hybridized carbons (Fsp3) is 0.107. The standard InChI is InChI=1S/C28H22F2N4OS/c29-23-6-3-4-20(14-23)17-34-26-16-31-13-12-25(26)33-28(34)36-18-19-8-10-21(11-9-19)27(35)32-15-22-5-1-2-7-24(22)30/h1-14,16H,15,17-18H2,(H,32,35). The predicted molar refractivity (Wildman–Crippen MR) is 137 cm³/mol. The van der Waals surface area contributed by atoms with Crippen LogP contribution in [0.15, 0.2) is 96.4 Å². The number of halogens is 2. The highest BCUT2D eigenvalue weighted by Gasteiger charge is 2.13. The highest BCUT2D eigenvalue weighted by Crippen LogP contribution is 2.27. The number of nitrogens with zero attached hydrogens (tertiary/aromatic N) is 3. The van der Waals surface area contributed by atoms with Gasteiger partial charge in [-0.2, -0.15) is 0 Å². The highest BCUT2D eigenvalue weighted by molar-refractivity contribution is 7.98. The Balaban J connectivity index is 1.27. The van der Waals surface area contributed by atoms with Crippen LogP contribution in [0.3, 0.4) is 0 Å². The normalized spacial score (nSPS) is 11.1. The lowest BCUT2D eigenvalue weighted by Gasteiger charge is -2.10. The van der Waals surface area contributed by atoms with Crippen LogP contribution in [-0.4, -0.2) is 20.4 Å². The van der Waals surface area contributed by atoms with Gasteiger partial charge in [-0.05, 0) is 47.5 Å². The van der Waals surface area contributed by atoms with Gasteiger partial charge in [0.05, 0.1) is 23.8 Å². The molecule has 0 fully saturated rings. The van der Waals surface area contributed by atoms with Crippen LogP contribution >= 0.6 is 11.8 Å². The van der Waals surface area contributed by atoms with E-state index in [-0.39, 0.29) is 24.1 Å². The summed E-state index contributed by atoms with van der Waals surface area (Å²) in [5, 5.41) is 3.55. The second-order valence-electron chi connectivity index (χ2n) is 8.23. The Morgan fingerprint density at radius 2 is 1.78 bits per heavy atom. The van der Waals surface area contributed by atoms with Crippen molar-refractivity contribution in [1.29, 1.82) is 0 Å². The van der Waals surface area contributed by atoms with E-state index in [0.717, 1.165) is 27.3 Å². The third kappa shape index (κ3) is 5.44. The Kier molecular flexibility index (Phi) is 7.04. The molecule has 8 heteroatoms. The smallest absolute Gasteiger partial charge is 0.251 e. The summed E-state index contributed by atoms with van der Waals surface area (Å²) < 4.78 is 29.5. The van der Waals surface area contributed by atoms with E-state index in [1.54, 1.807) is 60.6 Å². The summed E-state index contributed by atoms with van der Waals surface area (Å²) >= 11 is 1.56. The number of carbonyl (C=O) groups excluding carboxylic acids is 1. The highest BCUT2D eigenvalue weighted by atomic mass is 32.2. The van der Waals surface area contributed by atoms with Crippen LogP contribution in [0, 0.1) is 11.6 Å². The molecule has 0 unspecified atom stereocenters. The van der Waals surface area contributed by atoms with E-state index in [1.165, 1.54) is 18.2 Å². The van der Waals surface area contributed by atoms with Crippen LogP contribution < -0.4 is 5.32 Å². The molecule has 0 aliphatic rings. The number of aromatic nitrogens is 3. The average molecular weight is 501 g/mol. The van der Waals surface area contributed by atoms with Crippen LogP contribution in [0.5, 0.6) is 0 Å². The molecule has 2 aromatic heterocycles. The molecule has 1 N–H and O–H groups in total. The first-order chi connectivity index (χ1) is 17.6. The molecule has 36 heavy (non-hydrogen) atoms. The summed E-state index contributed by atoms with van der Waals surface area (Å²) in [7, 11) is 0. The van der Waals surface area contributed by atoms with E-state index >= 15 is 0 Å². The van der Waals surface area contributed by atoms with Crippen LogP contribution in [0.1, 0.15) is 27.0 Å². The number of hydrogen-bond acceptors (Lipinski definition) is 4. The molecule has 0 bridgehead atoms. The Labute approximate surface area is 211 Å². The van der Waals surface area contributed by atoms with Gasteiger partial charge in [0.25, 0.3) is 5.91 Å². The summed E-state index contributed by atoms with van der Waals surface area (Å²) in [5.41, 5.74) is 4.51. The Hall–Kier alpha value is -4.04. The number of pyridine rings is 1. The minimum absolute atomic E-state index is 0.125. The lowest BCUT2D eigenvalue weighted by molar-refractivity contribution is 0.0950. The van der Waals surface area contributed by atoms with Gasteiger partial charge in [0, 0.05) is 29.6 Å². The summed E-state index contributed by atoms with van der Waals surface area (Å²) in [6.07, 6.45) is 3.46. The largest absolute Gasteiger partial charge is 0.348 e. The van der Waals surface area contributed by atoms with Gasteiger partial charge in [0.1, 0.15) is 11.6 Å². The van der Waals surface area contributed by atoms with Crippen molar-refractivity contribution in [3.63, 3.8) is 0 Å². The maximum atomic E-state index is 13.8. The summed E-state index contributed by atoms with van der Waals surface area (Å²) in [6, 6.07) is 22.1. The Morgan fingerprint density at radius 1 is 0.944 bits per heavy atom. The molecular formula is C28H22F2N4OS. The minimum Gasteiger partial charge on any atom is -0.348 e. The molecule has 5 nitrogen and oxygen atoms in total. The summed E-state index contributed by atoms with van der Waals surface area (Å²) in [5.74, 6) is -0.245. The molecule has 5 aromatic rings. The molecule has 0 saturated carbocycles. The van der Waals surface area contributed by atoms with Crippen molar-refractivity contribution in [2.45, 2.75) is 24.0 Å². The molecular weight excluding hydrogens is 478 g/mol. The van der Waals surface area contributed by atoms with Crippen molar-refractivity contribution in [2.24, 2.45) is 0 Å². The fourth-order valence-electron chi connectivity index (χ4n) is 3.85. The number of thioether (sulfide) groups is 1. The lowest BCUT2D eigenvalue weighted by atomic mass is 10.1. The van der Waals surface area contributed by atoms with E-state index in [1.807, 2.05) is 28.8 Å². The monoisotopic (exact) mass is 500 g/mol. The maximum absolute atomic E-state index is 13.8. The van der Waals surface area contributed by atoms with Crippen molar-refractivity contribution >= 4 is 28.7 Å². The first-order valence-electron chi connectivity index (χ1n) is 11.3. The van der Waals surface area contributed by atoms with Crippen molar-refractivity contribution in [2.75, 3.05) is 0 Å².